The van der Waals surface area contributed by atoms with Crippen LogP contribution in [0.3, 0.4) is 0 Å². The van der Waals surface area contributed by atoms with Crippen molar-refractivity contribution in [3.8, 4) is 11.6 Å². The number of benzene rings is 2. The summed E-state index contributed by atoms with van der Waals surface area (Å²) in [6, 6.07) is 12.1. The molecule has 2 heterocycles. The molecule has 2 aromatic heterocycles. The summed E-state index contributed by atoms with van der Waals surface area (Å²) < 4.78 is 47.5. The quantitative estimate of drug-likeness (QED) is 0.309. The van der Waals surface area contributed by atoms with Gasteiger partial charge in [0.15, 0.2) is 6.61 Å². The minimum absolute atomic E-state index is 0.272. The maximum atomic E-state index is 13.1. The monoisotopic (exact) mass is 503 g/mol. The summed E-state index contributed by atoms with van der Waals surface area (Å²) >= 11 is 3.39. The summed E-state index contributed by atoms with van der Waals surface area (Å²) in [6.07, 6.45) is -3.09. The van der Waals surface area contributed by atoms with Crippen LogP contribution in [0.1, 0.15) is 27.3 Å². The van der Waals surface area contributed by atoms with Crippen molar-refractivity contribution in [2.75, 3.05) is 6.61 Å². The highest BCUT2D eigenvalue weighted by Crippen LogP contribution is 2.32. The van der Waals surface area contributed by atoms with E-state index in [-0.39, 0.29) is 18.3 Å². The molecule has 0 radical (unpaired) electrons. The number of hydrogen-bond donors (Lipinski definition) is 0. The average Bonchev–Trinajstić information content (AvgIpc) is 3.05. The number of aromatic nitrogens is 3. The van der Waals surface area contributed by atoms with Crippen LogP contribution in [0.25, 0.3) is 16.6 Å². The summed E-state index contributed by atoms with van der Waals surface area (Å²) in [7, 11) is 0. The van der Waals surface area contributed by atoms with Crippen LogP contribution in [0.15, 0.2) is 59.3 Å². The molecule has 0 aliphatic carbocycles. The van der Waals surface area contributed by atoms with Gasteiger partial charge < -0.3 is 9.30 Å². The van der Waals surface area contributed by atoms with Gasteiger partial charge in [-0.25, -0.2) is 9.97 Å². The maximum Gasteiger partial charge on any atom is 0.416 e. The van der Waals surface area contributed by atoms with Gasteiger partial charge >= 0.3 is 6.18 Å². The first-order valence-corrected chi connectivity index (χ1v) is 10.4. The fraction of sp³-hybridized carbons (Fsp3) is 0.174. The smallest absolute Gasteiger partial charge is 0.416 e. The molecular formula is C23H17BrF3N3O2. The van der Waals surface area contributed by atoms with Crippen molar-refractivity contribution in [2.45, 2.75) is 20.0 Å². The van der Waals surface area contributed by atoms with E-state index < -0.39 is 11.7 Å². The normalized spacial score (nSPS) is 11.7. The van der Waals surface area contributed by atoms with E-state index in [2.05, 4.69) is 25.9 Å². The Bertz CT molecular complexity index is 1330. The number of rotatable bonds is 5. The third-order valence-corrected chi connectivity index (χ3v) is 5.56. The molecule has 0 spiro atoms. The zero-order chi connectivity index (χ0) is 23.0. The number of alkyl halides is 3. The van der Waals surface area contributed by atoms with Crippen LogP contribution in [0.5, 0.6) is 5.88 Å². The van der Waals surface area contributed by atoms with Gasteiger partial charge in [0.25, 0.3) is 0 Å². The zero-order valence-corrected chi connectivity index (χ0v) is 18.7. The third kappa shape index (κ3) is 4.25. The molecule has 0 atom stereocenters. The molecule has 5 nitrogen and oxygen atoms in total. The largest absolute Gasteiger partial charge is 0.469 e. The predicted octanol–water partition coefficient (Wildman–Crippen LogP) is 6.08. The van der Waals surface area contributed by atoms with Gasteiger partial charge in [-0.2, -0.15) is 13.2 Å². The maximum absolute atomic E-state index is 13.1. The van der Waals surface area contributed by atoms with E-state index in [1.54, 1.807) is 42.7 Å². The van der Waals surface area contributed by atoms with Crippen LogP contribution < -0.4 is 4.74 Å². The predicted molar refractivity (Wildman–Crippen MR) is 117 cm³/mol. The molecule has 32 heavy (non-hydrogen) atoms. The van der Waals surface area contributed by atoms with E-state index in [0.29, 0.717) is 33.5 Å². The molecular weight excluding hydrogens is 487 g/mol. The summed E-state index contributed by atoms with van der Waals surface area (Å²) in [6.45, 7) is 3.16. The van der Waals surface area contributed by atoms with Crippen molar-refractivity contribution in [2.24, 2.45) is 0 Å². The minimum Gasteiger partial charge on any atom is -0.469 e. The second kappa shape index (κ2) is 8.38. The lowest BCUT2D eigenvalue weighted by Crippen LogP contribution is -2.13. The number of fused-ring (bicyclic) bond motifs is 1. The summed E-state index contributed by atoms with van der Waals surface area (Å²) in [5.74, 6) is -0.0329. The van der Waals surface area contributed by atoms with Crippen molar-refractivity contribution in [3.63, 3.8) is 0 Å². The molecule has 0 unspecified atom stereocenters. The standard InChI is InChI=1S/C23H17BrF3N3O2/c1-13-8-18(14(2)30(13)17-5-3-4-15(9-17)23(25,26)27)21(31)11-32-22-19-10-16(24)6-7-20(19)28-12-29-22/h3-10,12H,11H2,1-2H3. The number of aryl methyl sites for hydroxylation is 1. The zero-order valence-electron chi connectivity index (χ0n) is 17.1. The van der Waals surface area contributed by atoms with Gasteiger partial charge in [0, 0.05) is 27.1 Å². The molecule has 0 bridgehead atoms. The molecule has 4 rings (SSSR count). The molecule has 0 amide bonds. The number of carbonyl (C=O) groups is 1. The second-order valence-electron chi connectivity index (χ2n) is 7.22. The van der Waals surface area contributed by atoms with Gasteiger partial charge in [-0.15, -0.1) is 0 Å². The molecule has 0 aliphatic heterocycles. The molecule has 0 aliphatic rings. The van der Waals surface area contributed by atoms with Gasteiger partial charge in [-0.05, 0) is 56.3 Å². The first-order valence-electron chi connectivity index (χ1n) is 9.58. The van der Waals surface area contributed by atoms with E-state index in [1.807, 2.05) is 6.07 Å². The third-order valence-electron chi connectivity index (χ3n) is 5.06. The molecule has 0 saturated heterocycles. The highest BCUT2D eigenvalue weighted by atomic mass is 79.9. The van der Waals surface area contributed by atoms with Crippen LogP contribution in [-0.4, -0.2) is 26.9 Å². The first kappa shape index (κ1) is 22.0. The van der Waals surface area contributed by atoms with Crippen molar-refractivity contribution >= 4 is 32.6 Å². The second-order valence-corrected chi connectivity index (χ2v) is 8.14. The van der Waals surface area contributed by atoms with Crippen molar-refractivity contribution in [1.82, 2.24) is 14.5 Å². The Kier molecular flexibility index (Phi) is 5.77. The van der Waals surface area contributed by atoms with Gasteiger partial charge in [0.05, 0.1) is 16.5 Å². The Morgan fingerprint density at radius 2 is 1.88 bits per heavy atom. The van der Waals surface area contributed by atoms with Crippen LogP contribution in [0.4, 0.5) is 13.2 Å². The lowest BCUT2D eigenvalue weighted by Gasteiger charge is -2.13. The van der Waals surface area contributed by atoms with Gasteiger partial charge in [0.1, 0.15) is 6.33 Å². The van der Waals surface area contributed by atoms with E-state index in [9.17, 15) is 18.0 Å². The Labute approximate surface area is 190 Å². The topological polar surface area (TPSA) is 57.0 Å². The molecule has 2 aromatic carbocycles. The molecule has 9 heteroatoms. The fourth-order valence-electron chi connectivity index (χ4n) is 3.60. The Morgan fingerprint density at radius 3 is 2.62 bits per heavy atom. The molecule has 0 saturated carbocycles. The van der Waals surface area contributed by atoms with E-state index in [4.69, 9.17) is 4.74 Å². The van der Waals surface area contributed by atoms with Crippen LogP contribution in [0.2, 0.25) is 0 Å². The van der Waals surface area contributed by atoms with Gasteiger partial charge in [-0.3, -0.25) is 4.79 Å². The Morgan fingerprint density at radius 1 is 1.09 bits per heavy atom. The average molecular weight is 504 g/mol. The summed E-state index contributed by atoms with van der Waals surface area (Å²) in [5, 5.41) is 0.657. The lowest BCUT2D eigenvalue weighted by atomic mass is 10.1. The summed E-state index contributed by atoms with van der Waals surface area (Å²) in [4.78, 5) is 21.2. The van der Waals surface area contributed by atoms with E-state index >= 15 is 0 Å². The Balaban J connectivity index is 1.61. The number of nitrogens with zero attached hydrogens (tertiary/aromatic N) is 3. The fourth-order valence-corrected chi connectivity index (χ4v) is 3.96. The lowest BCUT2D eigenvalue weighted by molar-refractivity contribution is -0.137. The first-order chi connectivity index (χ1) is 15.1. The number of carbonyl (C=O) groups excluding carboxylic acids is 1. The number of ketones is 1. The van der Waals surface area contributed by atoms with Crippen LogP contribution >= 0.6 is 15.9 Å². The van der Waals surface area contributed by atoms with Crippen molar-refractivity contribution < 1.29 is 22.7 Å². The minimum atomic E-state index is -4.45. The van der Waals surface area contributed by atoms with E-state index in [1.165, 1.54) is 12.4 Å². The molecule has 164 valence electrons. The Hall–Kier alpha value is -3.20. The van der Waals surface area contributed by atoms with Crippen LogP contribution in [-0.2, 0) is 6.18 Å². The highest BCUT2D eigenvalue weighted by molar-refractivity contribution is 9.10. The van der Waals surface area contributed by atoms with Gasteiger partial charge in [0.2, 0.25) is 11.7 Å². The van der Waals surface area contributed by atoms with Crippen LogP contribution in [0, 0.1) is 13.8 Å². The van der Waals surface area contributed by atoms with E-state index in [0.717, 1.165) is 16.6 Å². The molecule has 0 N–H and O–H groups in total. The summed E-state index contributed by atoms with van der Waals surface area (Å²) in [5.41, 5.74) is 1.81. The van der Waals surface area contributed by atoms with Gasteiger partial charge in [-0.1, -0.05) is 22.0 Å². The number of Topliss-reactive ketones (excluding diaryl/α,β-unsaturated/α-hetero) is 1. The SMILES string of the molecule is Cc1cc(C(=O)COc2ncnc3ccc(Br)cc23)c(C)n1-c1cccc(C(F)(F)F)c1. The van der Waals surface area contributed by atoms with Crippen molar-refractivity contribution in [3.05, 3.63) is 81.8 Å². The number of hydrogen-bond acceptors (Lipinski definition) is 4. The number of halogens is 4. The number of ether oxygens (including phenoxy) is 1. The highest BCUT2D eigenvalue weighted by Gasteiger charge is 2.31. The molecule has 0 fully saturated rings. The molecule has 4 aromatic rings. The van der Waals surface area contributed by atoms with Crippen molar-refractivity contribution in [1.29, 1.82) is 0 Å².